The van der Waals surface area contributed by atoms with Gasteiger partial charge in [-0.1, -0.05) is 15.9 Å². The first-order valence-corrected chi connectivity index (χ1v) is 9.34. The second-order valence-electron chi connectivity index (χ2n) is 5.78. The van der Waals surface area contributed by atoms with Crippen LogP contribution in [-0.4, -0.2) is 32.5 Å². The lowest BCUT2D eigenvalue weighted by Gasteiger charge is -2.16. The van der Waals surface area contributed by atoms with Crippen LogP contribution in [0.4, 0.5) is 13.2 Å². The molecule has 0 amide bonds. The number of benzene rings is 1. The molecule has 0 radical (unpaired) electrons. The third kappa shape index (κ3) is 3.01. The Bertz CT molecular complexity index is 969. The Balaban J connectivity index is 1.81. The minimum atomic E-state index is -4.41. The molecule has 3 heterocycles. The number of rotatable bonds is 2. The number of ether oxygens (including phenoxy) is 1. The zero-order chi connectivity index (χ0) is 18.5. The maximum atomic E-state index is 13.1. The molecule has 136 valence electrons. The molecular formula is C16H12BrF3N4OS. The third-order valence-corrected chi connectivity index (χ3v) is 5.69. The molecule has 0 fully saturated rings. The van der Waals surface area contributed by atoms with Crippen LogP contribution >= 0.6 is 27.3 Å². The highest BCUT2D eigenvalue weighted by atomic mass is 79.9. The summed E-state index contributed by atoms with van der Waals surface area (Å²) in [5.41, 5.74) is 1.54. The number of nitrogens with zero attached hydrogens (tertiary/aromatic N) is 4. The van der Waals surface area contributed by atoms with Gasteiger partial charge in [0.25, 0.3) is 0 Å². The first kappa shape index (κ1) is 17.5. The predicted octanol–water partition coefficient (Wildman–Crippen LogP) is 4.89. The average Bonchev–Trinajstić information content (AvgIpc) is 3.17. The molecule has 10 heteroatoms. The number of aromatic nitrogens is 4. The summed E-state index contributed by atoms with van der Waals surface area (Å²) < 4.78 is 46.8. The van der Waals surface area contributed by atoms with E-state index in [0.29, 0.717) is 23.8 Å². The minimum Gasteiger partial charge on any atom is -0.492 e. The molecule has 1 aliphatic rings. The van der Waals surface area contributed by atoms with Crippen LogP contribution < -0.4 is 4.74 Å². The fraction of sp³-hybridized carbons (Fsp3) is 0.312. The number of hydrogen-bond donors (Lipinski definition) is 0. The van der Waals surface area contributed by atoms with Crippen LogP contribution in [0, 0.1) is 0 Å². The zero-order valence-corrected chi connectivity index (χ0v) is 15.8. The highest BCUT2D eigenvalue weighted by Crippen LogP contribution is 2.41. The molecule has 0 bridgehead atoms. The lowest BCUT2D eigenvalue weighted by atomic mass is 10.1. The molecule has 26 heavy (non-hydrogen) atoms. The summed E-state index contributed by atoms with van der Waals surface area (Å²) in [5, 5.41) is 4.18. The van der Waals surface area contributed by atoms with Gasteiger partial charge in [0.05, 0.1) is 12.3 Å². The molecular weight excluding hydrogens is 433 g/mol. The van der Waals surface area contributed by atoms with Crippen molar-refractivity contribution in [3.63, 3.8) is 0 Å². The second kappa shape index (κ2) is 6.34. The van der Waals surface area contributed by atoms with Gasteiger partial charge in [-0.2, -0.15) is 18.3 Å². The monoisotopic (exact) mass is 444 g/mol. The smallest absolute Gasteiger partial charge is 0.410 e. The van der Waals surface area contributed by atoms with Crippen molar-refractivity contribution in [2.45, 2.75) is 25.6 Å². The highest BCUT2D eigenvalue weighted by molar-refractivity contribution is 9.10. The first-order chi connectivity index (χ1) is 12.3. The molecule has 0 saturated carbocycles. The number of fused-ring (bicyclic) bond motifs is 3. The summed E-state index contributed by atoms with van der Waals surface area (Å²) in [6.45, 7) is 1.53. The lowest BCUT2D eigenvalue weighted by Crippen LogP contribution is -2.25. The van der Waals surface area contributed by atoms with Crippen LogP contribution in [0.15, 0.2) is 29.0 Å². The number of hydrogen-bond acceptors (Lipinski definition) is 5. The zero-order valence-electron chi connectivity index (χ0n) is 13.4. The average molecular weight is 445 g/mol. The Morgan fingerprint density at radius 1 is 1.35 bits per heavy atom. The molecule has 1 aromatic carbocycles. The van der Waals surface area contributed by atoms with Gasteiger partial charge in [-0.3, -0.25) is 0 Å². The van der Waals surface area contributed by atoms with Crippen LogP contribution in [0.25, 0.3) is 22.1 Å². The highest BCUT2D eigenvalue weighted by Gasteiger charge is 2.39. The van der Waals surface area contributed by atoms with Crippen molar-refractivity contribution in [3.05, 3.63) is 33.9 Å². The number of halogens is 4. The summed E-state index contributed by atoms with van der Waals surface area (Å²) in [6.07, 6.45) is -2.66. The lowest BCUT2D eigenvalue weighted by molar-refractivity contribution is -0.165. The van der Waals surface area contributed by atoms with Gasteiger partial charge in [-0.15, -0.1) is 11.3 Å². The molecule has 0 N–H and O–H groups in total. The van der Waals surface area contributed by atoms with Crippen molar-refractivity contribution in [1.82, 2.24) is 19.7 Å². The van der Waals surface area contributed by atoms with Crippen molar-refractivity contribution in [1.29, 1.82) is 0 Å². The summed E-state index contributed by atoms with van der Waals surface area (Å²) in [6, 6.07) is 3.84. The quantitative estimate of drug-likeness (QED) is 0.564. The van der Waals surface area contributed by atoms with Gasteiger partial charge in [0.15, 0.2) is 10.8 Å². The summed E-state index contributed by atoms with van der Waals surface area (Å²) in [4.78, 5) is 9.55. The van der Waals surface area contributed by atoms with Crippen molar-refractivity contribution < 1.29 is 17.9 Å². The maximum Gasteiger partial charge on any atom is 0.410 e. The summed E-state index contributed by atoms with van der Waals surface area (Å²) >= 11 is 4.73. The molecule has 2 aromatic heterocycles. The second-order valence-corrected chi connectivity index (χ2v) is 7.77. The van der Waals surface area contributed by atoms with Crippen molar-refractivity contribution in [3.8, 4) is 27.8 Å². The van der Waals surface area contributed by atoms with Gasteiger partial charge in [0, 0.05) is 21.3 Å². The van der Waals surface area contributed by atoms with E-state index in [1.54, 1.807) is 0 Å². The van der Waals surface area contributed by atoms with Gasteiger partial charge >= 0.3 is 6.18 Å². The van der Waals surface area contributed by atoms with E-state index in [1.165, 1.54) is 11.3 Å². The maximum absolute atomic E-state index is 13.1. The largest absolute Gasteiger partial charge is 0.492 e. The van der Waals surface area contributed by atoms with Gasteiger partial charge in [-0.05, 0) is 25.1 Å². The number of thiazole rings is 1. The van der Waals surface area contributed by atoms with Gasteiger partial charge in [0.1, 0.15) is 18.1 Å². The van der Waals surface area contributed by atoms with E-state index in [9.17, 15) is 13.2 Å². The van der Waals surface area contributed by atoms with Gasteiger partial charge < -0.3 is 4.74 Å². The van der Waals surface area contributed by atoms with Crippen molar-refractivity contribution >= 4 is 27.3 Å². The molecule has 1 atom stereocenters. The van der Waals surface area contributed by atoms with E-state index in [0.717, 1.165) is 38.5 Å². The van der Waals surface area contributed by atoms with E-state index in [1.807, 2.05) is 18.2 Å². The van der Waals surface area contributed by atoms with E-state index in [4.69, 9.17) is 4.74 Å². The summed E-state index contributed by atoms with van der Waals surface area (Å²) in [5.74, 6) is 0.813. The van der Waals surface area contributed by atoms with E-state index >= 15 is 0 Å². The van der Waals surface area contributed by atoms with Crippen LogP contribution in [0.2, 0.25) is 0 Å². The molecule has 1 unspecified atom stereocenters. The van der Waals surface area contributed by atoms with Gasteiger partial charge in [-0.25, -0.2) is 14.6 Å². The van der Waals surface area contributed by atoms with Crippen LogP contribution in [0.1, 0.15) is 17.8 Å². The molecule has 4 rings (SSSR count). The standard InChI is InChI=1S/C16H12BrF3N4OS/c1-8(16(18,19)20)24-14(21-7-22-24)15-23-13-10-3-2-9(17)6-11(10)25-5-4-12(13)26-15/h2-3,6-8H,4-5H2,1H3. The topological polar surface area (TPSA) is 52.8 Å². The fourth-order valence-electron chi connectivity index (χ4n) is 2.72. The van der Waals surface area contributed by atoms with Crippen LogP contribution in [0.5, 0.6) is 5.75 Å². The van der Waals surface area contributed by atoms with E-state index in [-0.39, 0.29) is 5.82 Å². The number of alkyl halides is 3. The van der Waals surface area contributed by atoms with E-state index in [2.05, 4.69) is 31.0 Å². The minimum absolute atomic E-state index is 0.118. The summed E-state index contributed by atoms with van der Waals surface area (Å²) in [7, 11) is 0. The predicted molar refractivity (Wildman–Crippen MR) is 94.2 cm³/mol. The molecule has 0 spiro atoms. The van der Waals surface area contributed by atoms with Crippen LogP contribution in [-0.2, 0) is 6.42 Å². The molecule has 0 saturated heterocycles. The third-order valence-electron chi connectivity index (χ3n) is 4.09. The molecule has 3 aromatic rings. The fourth-order valence-corrected chi connectivity index (χ4v) is 4.10. The Morgan fingerprint density at radius 3 is 2.92 bits per heavy atom. The Morgan fingerprint density at radius 2 is 2.15 bits per heavy atom. The molecule has 1 aliphatic heterocycles. The normalized spacial score (nSPS) is 15.0. The van der Waals surface area contributed by atoms with E-state index < -0.39 is 12.2 Å². The first-order valence-electron chi connectivity index (χ1n) is 7.73. The van der Waals surface area contributed by atoms with Crippen molar-refractivity contribution in [2.24, 2.45) is 0 Å². The molecule has 5 nitrogen and oxygen atoms in total. The SMILES string of the molecule is CC(n1ncnc1-c1nc2c(s1)CCOc1cc(Br)ccc1-2)C(F)(F)F. The molecule has 0 aliphatic carbocycles. The van der Waals surface area contributed by atoms with Crippen molar-refractivity contribution in [2.75, 3.05) is 6.61 Å². The Hall–Kier alpha value is -1.94. The van der Waals surface area contributed by atoms with Gasteiger partial charge in [0.2, 0.25) is 0 Å². The van der Waals surface area contributed by atoms with Crippen LogP contribution in [0.3, 0.4) is 0 Å². The Kier molecular flexibility index (Phi) is 4.26. The Labute approximate surface area is 159 Å².